The van der Waals surface area contributed by atoms with E-state index in [0.717, 1.165) is 130 Å². The number of rotatable bonds is 25. The molecule has 13 rings (SSSR count). The maximum Gasteiger partial charge on any atom is 0.330 e. The summed E-state index contributed by atoms with van der Waals surface area (Å²) < 4.78 is 40.4. The number of aliphatic carboxylic acids is 1. The van der Waals surface area contributed by atoms with Crippen LogP contribution in [0.3, 0.4) is 0 Å². The van der Waals surface area contributed by atoms with Crippen LogP contribution in [0.5, 0.6) is 46.0 Å². The van der Waals surface area contributed by atoms with Gasteiger partial charge in [-0.25, -0.2) is 4.79 Å². The predicted octanol–water partition coefficient (Wildman–Crippen LogP) is 4.46. The number of likely N-dealkylation sites (N-methyl/N-ethyl adjacent to an activating group) is 1. The van der Waals surface area contributed by atoms with Crippen molar-refractivity contribution in [1.82, 2.24) is 57.7 Å². The maximum absolute atomic E-state index is 16.3. The van der Waals surface area contributed by atoms with Gasteiger partial charge >= 0.3 is 5.97 Å². The highest BCUT2D eigenvalue weighted by Crippen LogP contribution is 2.50. The van der Waals surface area contributed by atoms with Crippen LogP contribution >= 0.6 is 35.0 Å². The number of nitrogens with two attached hydrogens (primary N) is 1. The zero-order valence-electron chi connectivity index (χ0n) is 65.9. The highest BCUT2D eigenvalue weighted by molar-refractivity contribution is 7.99. The third kappa shape index (κ3) is 21.1. The summed E-state index contributed by atoms with van der Waals surface area (Å²) in [6.45, 7) is 11.1. The van der Waals surface area contributed by atoms with Crippen molar-refractivity contribution in [3.63, 3.8) is 0 Å². The molecule has 0 radical (unpaired) electrons. The number of aryl methyl sites for hydroxylation is 1. The number of ether oxygens (including phenoxy) is 6. The van der Waals surface area contributed by atoms with Gasteiger partial charge in [0, 0.05) is 40.5 Å². The Hall–Kier alpha value is -10.0. The van der Waals surface area contributed by atoms with Crippen molar-refractivity contribution in [1.29, 1.82) is 0 Å². The number of aromatic nitrogens is 3. The molecule has 119 heavy (non-hydrogen) atoms. The number of H-pyrrole nitrogens is 1. The van der Waals surface area contributed by atoms with E-state index in [9.17, 15) is 65.1 Å². The van der Waals surface area contributed by atoms with Crippen molar-refractivity contribution in [3.8, 4) is 57.1 Å². The van der Waals surface area contributed by atoms with Crippen LogP contribution in [0, 0.1) is 12.8 Å². The van der Waals surface area contributed by atoms with Crippen molar-refractivity contribution in [2.45, 2.75) is 227 Å². The minimum atomic E-state index is -2.37. The lowest BCUT2D eigenvalue weighted by Gasteiger charge is -2.48. The summed E-state index contributed by atoms with van der Waals surface area (Å²) in [5.41, 5.74) is 1.29. The minimum Gasteiger partial charge on any atom is -0.508 e. The van der Waals surface area contributed by atoms with Crippen LogP contribution in [-0.4, -0.2) is 207 Å². The summed E-state index contributed by atoms with van der Waals surface area (Å²) in [4.78, 5) is 134. The van der Waals surface area contributed by atoms with E-state index in [1.54, 1.807) is 13.8 Å². The fourth-order valence-electron chi connectivity index (χ4n) is 14.9. The number of carbonyl (C=O) groups is 8. The van der Waals surface area contributed by atoms with Gasteiger partial charge in [0.05, 0.1) is 40.8 Å². The summed E-state index contributed by atoms with van der Waals surface area (Å²) >= 11 is 15.3. The van der Waals surface area contributed by atoms with Gasteiger partial charge < -0.3 is 123 Å². The first-order chi connectivity index (χ1) is 56.5. The van der Waals surface area contributed by atoms with Crippen LogP contribution in [-0.2, 0) is 52.6 Å². The molecule has 7 amide bonds. The number of amides is 7. The summed E-state index contributed by atoms with van der Waals surface area (Å²) in [5.74, 6) is -16.3. The second-order valence-corrected chi connectivity index (χ2v) is 32.5. The molecule has 20 N–H and O–H groups in total. The molecule has 5 aromatic carbocycles. The molecular weight excluding hydrogens is 1620 g/mol. The number of thioether (sulfide) groups is 1. The highest BCUT2D eigenvalue weighted by atomic mass is 35.5. The molecule has 0 spiro atoms. The molecule has 7 aliphatic heterocycles. The zero-order valence-corrected chi connectivity index (χ0v) is 68.2. The van der Waals surface area contributed by atoms with Crippen LogP contribution in [0.4, 0.5) is 0 Å². The van der Waals surface area contributed by atoms with E-state index in [-0.39, 0.29) is 62.8 Å². The topological polar surface area (TPSA) is 555 Å². The molecule has 11 bridgehead atoms. The minimum absolute atomic E-state index is 0.0290. The van der Waals surface area contributed by atoms with E-state index >= 15 is 24.0 Å². The van der Waals surface area contributed by atoms with Crippen molar-refractivity contribution in [3.05, 3.63) is 133 Å². The first kappa shape index (κ1) is 89.8. The van der Waals surface area contributed by atoms with Gasteiger partial charge in [-0.2, -0.15) is 0 Å². The monoisotopic (exact) mass is 1710 g/mol. The molecule has 18 atom stereocenters. The number of carboxylic acids is 1. The first-order valence-corrected chi connectivity index (χ1v) is 40.7. The standard InChI is InChI=1S/C80H98Cl2N12O24S/c1-8-9-10-11-12-13-14-15-22-85-80(6)32-56(113-36(5)69(80)103)117-68-66(102)65(101)54(33-119-79-92-70(104)35(4)93-94-79)116-78(68)118-67-52-27-40-28-53(67)115-51-21-18-39(26-45(51)82)64(100)62-76(110)89-60(77(111)112)43-29-41(95)30-49(97)57(43)42-24-37(16-19-48(42)96)58(73(107)91-62)88-74(108)59(40)87-72(106)47(31-55(83)98)86-75(109)61(90-71(105)46(84-7)23-34(2)3)63(99)38-17-20-50(114-52)44(81)25-38/h16-21,24-30,34,36,46-47,54,56,58-66,68-69,78,84-85,95-97,99-103H,8-15,22-23,31-33H2,1-7H3,(H2,83,98)(H,86,109)(H,87,106)(H,88,108)(H,89,110)(H,90,105)(H,91,107)(H,111,112)(H,92,94,104)/t36?,46-,47-,54?,56?,58?,59+,60+,61+,62-,63+,64+,65?,66?,68?,69?,78?,80?/m0/s1. The number of aliphatic hydroxyl groups excluding tert-OH is 5. The maximum atomic E-state index is 16.3. The summed E-state index contributed by atoms with van der Waals surface area (Å²) in [5, 5.41) is 135. The average molecular weight is 1710 g/mol. The van der Waals surface area contributed by atoms with Crippen LogP contribution < -0.4 is 68.0 Å². The van der Waals surface area contributed by atoms with Gasteiger partial charge in [0.25, 0.3) is 5.56 Å². The second kappa shape index (κ2) is 39.0. The van der Waals surface area contributed by atoms with Gasteiger partial charge in [-0.3, -0.25) is 43.3 Å². The Morgan fingerprint density at radius 2 is 1.33 bits per heavy atom. The van der Waals surface area contributed by atoms with E-state index in [1.165, 1.54) is 26.1 Å². The van der Waals surface area contributed by atoms with Gasteiger partial charge in [-0.1, -0.05) is 119 Å². The SMILES string of the molecule is CCCCCCCCCCNC1(C)CC(OC2C(Oc3c4cc5cc3Oc3ccc(cc3Cl)[C@@H](O)[C@@H](NC(=O)[C@H](CC(C)C)NC)C(=O)N[C@@H](CC(N)=O)C(=O)N[C@H]5C(=O)NC3C(=O)N[C@H](C(=O)N[C@@H](C(=O)O)c5cc(O)cc(O)c5-c5cc3ccc5O)[C@H](O)c3ccc(c(Cl)c3)O4)OC(CSc3nnc(C)c(=O)[nH]3)C(O)C2O)OC(C)C1O. The van der Waals surface area contributed by atoms with Gasteiger partial charge in [-0.05, 0) is 130 Å². The smallest absolute Gasteiger partial charge is 0.330 e. The average Bonchev–Trinajstić information content (AvgIpc) is 0.769. The Morgan fingerprint density at radius 3 is 1.95 bits per heavy atom. The van der Waals surface area contributed by atoms with Gasteiger partial charge in [0.2, 0.25) is 53.4 Å². The molecule has 36 nitrogen and oxygen atoms in total. The van der Waals surface area contributed by atoms with Crippen LogP contribution in [0.15, 0.2) is 88.8 Å². The number of fused-ring (bicyclic) bond motifs is 15. The molecule has 2 saturated heterocycles. The number of nitrogens with zero attached hydrogens (tertiary/aromatic N) is 2. The number of aromatic amines is 1. The number of hydrogen-bond acceptors (Lipinski definition) is 28. The Morgan fingerprint density at radius 1 is 0.706 bits per heavy atom. The number of halogens is 2. The first-order valence-electron chi connectivity index (χ1n) is 38.9. The number of aromatic hydroxyl groups is 3. The number of phenols is 3. The van der Waals surface area contributed by atoms with E-state index in [2.05, 4.69) is 64.6 Å². The molecule has 7 aliphatic rings. The molecular formula is C80H98Cl2N12O24S. The number of aliphatic hydroxyl groups is 5. The van der Waals surface area contributed by atoms with Crippen molar-refractivity contribution in [2.24, 2.45) is 11.7 Å². The molecule has 6 aromatic rings. The predicted molar refractivity (Wildman–Crippen MR) is 427 cm³/mol. The Balaban J connectivity index is 1.13. The number of unbranched alkanes of at least 4 members (excludes halogenated alkanes) is 7. The molecule has 0 saturated carbocycles. The van der Waals surface area contributed by atoms with Gasteiger partial charge in [0.15, 0.2) is 35.1 Å². The summed E-state index contributed by atoms with van der Waals surface area (Å²) in [7, 11) is 1.48. The third-order valence-electron chi connectivity index (χ3n) is 21.3. The van der Waals surface area contributed by atoms with Crippen molar-refractivity contribution < 1.29 is 113 Å². The lowest BCUT2D eigenvalue weighted by atomic mass is 9.85. The molecule has 642 valence electrons. The lowest BCUT2D eigenvalue weighted by Crippen LogP contribution is -2.65. The fraction of sp³-hybridized carbons (Fsp3) is 0.487. The normalized spacial score (nSPS) is 26.8. The number of hydrogen-bond donors (Lipinski definition) is 19. The molecule has 1 aromatic heterocycles. The number of benzene rings is 5. The summed E-state index contributed by atoms with van der Waals surface area (Å²) in [6.07, 6.45) is -9.83. The van der Waals surface area contributed by atoms with E-state index in [0.29, 0.717) is 6.54 Å². The van der Waals surface area contributed by atoms with Crippen LogP contribution in [0.25, 0.3) is 11.1 Å². The number of phenolic OH excluding ortho intramolecular Hbond substituents is 3. The molecule has 2 fully saturated rings. The number of nitrogens with one attached hydrogen (secondary N) is 9. The van der Waals surface area contributed by atoms with Crippen molar-refractivity contribution >= 4 is 82.3 Å². The van der Waals surface area contributed by atoms with E-state index < -0.39 is 236 Å². The Kier molecular flexibility index (Phi) is 29.4. The summed E-state index contributed by atoms with van der Waals surface area (Å²) in [6, 6.07) is -0.509. The van der Waals surface area contributed by atoms with Crippen LogP contribution in [0.2, 0.25) is 10.0 Å². The third-order valence-corrected chi connectivity index (χ3v) is 22.9. The Labute approximate surface area is 696 Å². The zero-order chi connectivity index (χ0) is 86.2. The van der Waals surface area contributed by atoms with Crippen LogP contribution in [0.1, 0.15) is 169 Å². The Bertz CT molecular complexity index is 4840. The second-order valence-electron chi connectivity index (χ2n) is 30.7. The molecule has 10 unspecified atom stereocenters. The fourth-order valence-corrected chi connectivity index (χ4v) is 16.2. The highest BCUT2D eigenvalue weighted by Gasteiger charge is 2.52. The van der Waals surface area contributed by atoms with Gasteiger partial charge in [0.1, 0.15) is 89.1 Å². The molecule has 39 heteroatoms. The number of primary amides is 1. The van der Waals surface area contributed by atoms with E-state index in [4.69, 9.17) is 57.4 Å². The quantitative estimate of drug-likeness (QED) is 0.0278. The molecule has 0 aliphatic carbocycles. The van der Waals surface area contributed by atoms with Crippen molar-refractivity contribution in [2.75, 3.05) is 19.3 Å². The van der Waals surface area contributed by atoms with E-state index in [1.807, 2.05) is 13.8 Å². The largest absolute Gasteiger partial charge is 0.508 e. The number of carboxylic acid groups (broad SMARTS) is 1. The van der Waals surface area contributed by atoms with Gasteiger partial charge in [-0.15, -0.1) is 10.2 Å². The number of carbonyl (C=O) groups excluding carboxylic acids is 7. The lowest BCUT2D eigenvalue weighted by molar-refractivity contribution is -0.330. The molecule has 8 heterocycles.